The van der Waals surface area contributed by atoms with Gasteiger partial charge in [-0.3, -0.25) is 0 Å². The van der Waals surface area contributed by atoms with Crippen molar-refractivity contribution in [3.05, 3.63) is 193 Å². The van der Waals surface area contributed by atoms with E-state index in [1.807, 2.05) is 0 Å². The van der Waals surface area contributed by atoms with E-state index in [2.05, 4.69) is 196 Å². The van der Waals surface area contributed by atoms with E-state index in [9.17, 15) is 0 Å². The van der Waals surface area contributed by atoms with Gasteiger partial charge >= 0.3 is 0 Å². The van der Waals surface area contributed by atoms with Crippen molar-refractivity contribution in [2.24, 2.45) is 0 Å². The fourth-order valence-electron chi connectivity index (χ4n) is 9.50. The summed E-state index contributed by atoms with van der Waals surface area (Å²) in [6.45, 7) is 4.77. The van der Waals surface area contributed by atoms with Gasteiger partial charge in [0, 0.05) is 5.41 Å². The predicted octanol–water partition coefficient (Wildman–Crippen LogP) is 14.7. The van der Waals surface area contributed by atoms with Gasteiger partial charge in [0.2, 0.25) is 0 Å². The van der Waals surface area contributed by atoms with Gasteiger partial charge < -0.3 is 0 Å². The molecule has 0 atom stereocenters. The van der Waals surface area contributed by atoms with Crippen molar-refractivity contribution < 1.29 is 0 Å². The Kier molecular flexibility index (Phi) is 6.40. The standard InChI is InChI=1S/C53H36/c1-53(2)48-31-25-34-14-6-7-16-40(34)52(48)47-30-24-37(32-49(47)53)38-15-8-9-17-41(38)42-18-10-11-19-43(42)44-27-21-36-22-28-45-39(33-12-4-3-5-13-33)26-20-35-23-29-46(44)51(36)50(35)45/h3-32H,1-2H3. The van der Waals surface area contributed by atoms with E-state index in [0.717, 1.165) is 0 Å². The number of benzene rings is 10. The molecule has 53 heavy (non-hydrogen) atoms. The van der Waals surface area contributed by atoms with E-state index in [0.29, 0.717) is 0 Å². The zero-order valence-electron chi connectivity index (χ0n) is 29.8. The third-order valence-corrected chi connectivity index (χ3v) is 12.1. The Morgan fingerprint density at radius 1 is 0.302 bits per heavy atom. The summed E-state index contributed by atoms with van der Waals surface area (Å²) in [6.07, 6.45) is 0. The van der Waals surface area contributed by atoms with E-state index in [1.165, 1.54) is 110 Å². The number of fused-ring (bicyclic) bond motifs is 5. The third-order valence-electron chi connectivity index (χ3n) is 12.1. The molecule has 10 aromatic carbocycles. The second kappa shape index (κ2) is 11.2. The minimum absolute atomic E-state index is 0.0976. The fraction of sp³-hybridized carbons (Fsp3) is 0.0566. The van der Waals surface area contributed by atoms with Gasteiger partial charge in [-0.25, -0.2) is 0 Å². The van der Waals surface area contributed by atoms with Crippen LogP contribution >= 0.6 is 0 Å². The Morgan fingerprint density at radius 2 is 0.830 bits per heavy atom. The summed E-state index contributed by atoms with van der Waals surface area (Å²) in [4.78, 5) is 0. The average Bonchev–Trinajstić information content (AvgIpc) is 3.45. The van der Waals surface area contributed by atoms with Gasteiger partial charge in [-0.05, 0) is 116 Å². The summed E-state index contributed by atoms with van der Waals surface area (Å²) < 4.78 is 0. The maximum absolute atomic E-state index is 2.46. The van der Waals surface area contributed by atoms with Crippen LogP contribution < -0.4 is 0 Å². The minimum atomic E-state index is -0.0976. The summed E-state index contributed by atoms with van der Waals surface area (Å²) in [5, 5.41) is 10.5. The molecular formula is C53H36. The van der Waals surface area contributed by atoms with Crippen molar-refractivity contribution in [1.82, 2.24) is 0 Å². The second-order valence-electron chi connectivity index (χ2n) is 15.2. The molecule has 0 radical (unpaired) electrons. The van der Waals surface area contributed by atoms with Crippen molar-refractivity contribution in [3.63, 3.8) is 0 Å². The highest BCUT2D eigenvalue weighted by molar-refractivity contribution is 6.28. The van der Waals surface area contributed by atoms with Crippen LogP contribution in [-0.2, 0) is 5.41 Å². The molecule has 0 heterocycles. The smallest absolute Gasteiger partial charge is 0.0159 e. The lowest BCUT2D eigenvalue weighted by Gasteiger charge is -2.23. The van der Waals surface area contributed by atoms with Gasteiger partial charge in [0.15, 0.2) is 0 Å². The lowest BCUT2D eigenvalue weighted by molar-refractivity contribution is 0.661. The molecular weight excluding hydrogens is 637 g/mol. The molecule has 0 fully saturated rings. The predicted molar refractivity (Wildman–Crippen MR) is 227 cm³/mol. The van der Waals surface area contributed by atoms with Gasteiger partial charge in [-0.15, -0.1) is 0 Å². The van der Waals surface area contributed by atoms with Crippen LogP contribution in [0.15, 0.2) is 182 Å². The molecule has 0 amide bonds. The zero-order chi connectivity index (χ0) is 35.3. The lowest BCUT2D eigenvalue weighted by atomic mass is 9.80. The molecule has 0 N–H and O–H groups in total. The molecule has 0 heteroatoms. The minimum Gasteiger partial charge on any atom is -0.0622 e. The quantitative estimate of drug-likeness (QED) is 0.163. The second-order valence-corrected chi connectivity index (χ2v) is 15.2. The van der Waals surface area contributed by atoms with Crippen LogP contribution in [0, 0.1) is 0 Å². The molecule has 10 aromatic rings. The van der Waals surface area contributed by atoms with E-state index >= 15 is 0 Å². The molecule has 0 nitrogen and oxygen atoms in total. The first kappa shape index (κ1) is 30.2. The third kappa shape index (κ3) is 4.36. The van der Waals surface area contributed by atoms with Crippen LogP contribution in [0.1, 0.15) is 25.0 Å². The molecule has 11 rings (SSSR count). The van der Waals surface area contributed by atoms with Gasteiger partial charge in [0.05, 0.1) is 0 Å². The highest BCUT2D eigenvalue weighted by atomic mass is 14.4. The highest BCUT2D eigenvalue weighted by Gasteiger charge is 2.36. The van der Waals surface area contributed by atoms with Crippen molar-refractivity contribution in [3.8, 4) is 55.6 Å². The van der Waals surface area contributed by atoms with E-state index in [-0.39, 0.29) is 5.41 Å². The number of hydrogen-bond donors (Lipinski definition) is 0. The molecule has 248 valence electrons. The van der Waals surface area contributed by atoms with Crippen molar-refractivity contribution in [2.75, 3.05) is 0 Å². The summed E-state index contributed by atoms with van der Waals surface area (Å²) in [6, 6.07) is 67.9. The summed E-state index contributed by atoms with van der Waals surface area (Å²) in [7, 11) is 0. The molecule has 0 bridgehead atoms. The average molecular weight is 673 g/mol. The van der Waals surface area contributed by atoms with Crippen LogP contribution in [-0.4, -0.2) is 0 Å². The molecule has 1 aliphatic rings. The van der Waals surface area contributed by atoms with Crippen LogP contribution in [0.3, 0.4) is 0 Å². The molecule has 0 aromatic heterocycles. The Bertz CT molecular complexity index is 3070. The Hall–Kier alpha value is -6.50. The van der Waals surface area contributed by atoms with Crippen molar-refractivity contribution >= 4 is 43.1 Å². The Balaban J connectivity index is 1.09. The fourth-order valence-corrected chi connectivity index (χ4v) is 9.50. The van der Waals surface area contributed by atoms with Crippen LogP contribution in [0.2, 0.25) is 0 Å². The molecule has 0 saturated heterocycles. The van der Waals surface area contributed by atoms with Crippen LogP contribution in [0.5, 0.6) is 0 Å². The maximum Gasteiger partial charge on any atom is 0.0159 e. The summed E-state index contributed by atoms with van der Waals surface area (Å²) in [5.41, 5.74) is 15.5. The van der Waals surface area contributed by atoms with E-state index in [1.54, 1.807) is 0 Å². The Labute approximate surface area is 310 Å². The maximum atomic E-state index is 2.46. The van der Waals surface area contributed by atoms with E-state index in [4.69, 9.17) is 0 Å². The van der Waals surface area contributed by atoms with Crippen molar-refractivity contribution in [1.29, 1.82) is 0 Å². The van der Waals surface area contributed by atoms with Gasteiger partial charge in [0.25, 0.3) is 0 Å². The topological polar surface area (TPSA) is 0 Å². The molecule has 0 unspecified atom stereocenters. The van der Waals surface area contributed by atoms with Gasteiger partial charge in [-0.1, -0.05) is 190 Å². The normalized spacial score (nSPS) is 13.2. The van der Waals surface area contributed by atoms with Crippen LogP contribution in [0.25, 0.3) is 98.7 Å². The summed E-state index contributed by atoms with van der Waals surface area (Å²) in [5.74, 6) is 0. The zero-order valence-corrected chi connectivity index (χ0v) is 29.8. The molecule has 0 aliphatic heterocycles. The SMILES string of the molecule is CC1(C)c2cc(-c3ccccc3-c3ccccc3-c3ccc4ccc5c(-c6ccccc6)ccc6ccc3c4c65)ccc2-c2c1ccc1ccccc21. The van der Waals surface area contributed by atoms with Crippen molar-refractivity contribution in [2.45, 2.75) is 19.3 Å². The number of hydrogen-bond acceptors (Lipinski definition) is 0. The first-order valence-corrected chi connectivity index (χ1v) is 18.7. The summed E-state index contributed by atoms with van der Waals surface area (Å²) >= 11 is 0. The van der Waals surface area contributed by atoms with Gasteiger partial charge in [0.1, 0.15) is 0 Å². The number of rotatable bonds is 4. The molecule has 0 saturated carbocycles. The molecule has 0 spiro atoms. The first-order valence-electron chi connectivity index (χ1n) is 18.7. The lowest BCUT2D eigenvalue weighted by Crippen LogP contribution is -2.15. The first-order chi connectivity index (χ1) is 26.1. The van der Waals surface area contributed by atoms with E-state index < -0.39 is 0 Å². The van der Waals surface area contributed by atoms with Gasteiger partial charge in [-0.2, -0.15) is 0 Å². The Morgan fingerprint density at radius 3 is 1.57 bits per heavy atom. The largest absolute Gasteiger partial charge is 0.0622 e. The molecule has 1 aliphatic carbocycles. The highest BCUT2D eigenvalue weighted by Crippen LogP contribution is 2.53. The van der Waals surface area contributed by atoms with Crippen LogP contribution in [0.4, 0.5) is 0 Å². The monoisotopic (exact) mass is 672 g/mol.